The van der Waals surface area contributed by atoms with Crippen molar-refractivity contribution in [3.63, 3.8) is 0 Å². The highest BCUT2D eigenvalue weighted by molar-refractivity contribution is 5.28. The Bertz CT molecular complexity index is 1290. The first-order valence-electron chi connectivity index (χ1n) is 16.9. The summed E-state index contributed by atoms with van der Waals surface area (Å²) in [6, 6.07) is 24.4. The summed E-state index contributed by atoms with van der Waals surface area (Å²) in [5.74, 6) is 0.891. The Labute approximate surface area is 277 Å². The molecule has 252 valence electrons. The van der Waals surface area contributed by atoms with Crippen LogP contribution >= 0.6 is 0 Å². The molecule has 4 unspecified atom stereocenters. The van der Waals surface area contributed by atoms with Crippen molar-refractivity contribution >= 4 is 0 Å². The first-order valence-corrected chi connectivity index (χ1v) is 16.9. The van der Waals surface area contributed by atoms with Gasteiger partial charge in [0.25, 0.3) is 0 Å². The molecular formula is C38H57N5O3. The lowest BCUT2D eigenvalue weighted by Gasteiger charge is -2.40. The maximum atomic E-state index is 9.96. The van der Waals surface area contributed by atoms with Crippen molar-refractivity contribution < 1.29 is 15.3 Å². The molecule has 1 fully saturated rings. The fourth-order valence-corrected chi connectivity index (χ4v) is 6.85. The van der Waals surface area contributed by atoms with Crippen LogP contribution in [0.25, 0.3) is 0 Å². The monoisotopic (exact) mass is 631 g/mol. The maximum Gasteiger partial charge on any atom is 0.115 e. The maximum absolute atomic E-state index is 9.96. The van der Waals surface area contributed by atoms with Gasteiger partial charge in [-0.05, 0) is 140 Å². The lowest BCUT2D eigenvalue weighted by atomic mass is 9.99. The average Bonchev–Trinajstić information content (AvgIpc) is 3.48. The molecule has 0 radical (unpaired) electrons. The lowest BCUT2D eigenvalue weighted by Crippen LogP contribution is -2.52. The summed E-state index contributed by atoms with van der Waals surface area (Å²) < 4.78 is 0. The van der Waals surface area contributed by atoms with Gasteiger partial charge in [-0.25, -0.2) is 0 Å². The number of benzene rings is 3. The molecule has 4 N–H and O–H groups in total. The van der Waals surface area contributed by atoms with E-state index in [1.54, 1.807) is 36.4 Å². The molecule has 8 nitrogen and oxygen atoms in total. The van der Waals surface area contributed by atoms with Crippen LogP contribution in [-0.4, -0.2) is 127 Å². The zero-order valence-corrected chi connectivity index (χ0v) is 28.6. The molecule has 46 heavy (non-hydrogen) atoms. The predicted molar refractivity (Wildman–Crippen MR) is 189 cm³/mol. The Balaban J connectivity index is 1.55. The van der Waals surface area contributed by atoms with Crippen molar-refractivity contribution in [3.8, 4) is 17.2 Å². The zero-order valence-electron chi connectivity index (χ0n) is 28.6. The third kappa shape index (κ3) is 11.0. The number of nitrogens with zero attached hydrogens (tertiary/aromatic N) is 4. The van der Waals surface area contributed by atoms with Crippen LogP contribution < -0.4 is 5.32 Å². The molecule has 0 bridgehead atoms. The molecule has 1 aliphatic rings. The summed E-state index contributed by atoms with van der Waals surface area (Å²) in [4.78, 5) is 10.1. The second-order valence-corrected chi connectivity index (χ2v) is 13.6. The largest absolute Gasteiger partial charge is 0.508 e. The molecule has 1 aliphatic heterocycles. The summed E-state index contributed by atoms with van der Waals surface area (Å²) in [6.45, 7) is 4.99. The minimum atomic E-state index is 0.248. The number of phenolic OH excluding ortho intramolecular Hbond substituents is 3. The van der Waals surface area contributed by atoms with E-state index < -0.39 is 0 Å². The summed E-state index contributed by atoms with van der Waals surface area (Å²) in [6.07, 6.45) is 6.38. The van der Waals surface area contributed by atoms with Gasteiger partial charge in [0, 0.05) is 43.8 Å². The first kappa shape index (κ1) is 35.7. The van der Waals surface area contributed by atoms with Gasteiger partial charge >= 0.3 is 0 Å². The minimum absolute atomic E-state index is 0.248. The van der Waals surface area contributed by atoms with Crippen LogP contribution in [0.1, 0.15) is 36.0 Å². The van der Waals surface area contributed by atoms with Crippen molar-refractivity contribution in [2.24, 2.45) is 0 Å². The molecule has 0 aromatic heterocycles. The molecule has 4 rings (SSSR count). The molecule has 0 aliphatic carbocycles. The number of hydrogen-bond donors (Lipinski definition) is 4. The molecule has 1 heterocycles. The highest BCUT2D eigenvalue weighted by Gasteiger charge is 2.30. The van der Waals surface area contributed by atoms with Crippen LogP contribution in [0.5, 0.6) is 17.2 Å². The normalized spacial score (nSPS) is 17.6. The number of likely N-dealkylation sites (tertiary alicyclic amines) is 1. The SMILES string of the molecule is CNCCC1CCCN1CC(Cc1ccc(O)cc1)N(C)CC(Cc1ccc(O)cc1)N(C)CC(Cc1ccc(O)cc1)N(C)C. The summed E-state index contributed by atoms with van der Waals surface area (Å²) in [5.41, 5.74) is 3.67. The van der Waals surface area contributed by atoms with Gasteiger partial charge in [0.1, 0.15) is 17.2 Å². The lowest BCUT2D eigenvalue weighted by molar-refractivity contribution is 0.0995. The van der Waals surface area contributed by atoms with Crippen LogP contribution in [0.4, 0.5) is 0 Å². The van der Waals surface area contributed by atoms with Crippen LogP contribution in [0.2, 0.25) is 0 Å². The first-order chi connectivity index (χ1) is 22.1. The van der Waals surface area contributed by atoms with Gasteiger partial charge in [-0.1, -0.05) is 36.4 Å². The third-order valence-corrected chi connectivity index (χ3v) is 9.87. The molecule has 8 heteroatoms. The number of likely N-dealkylation sites (N-methyl/N-ethyl adjacent to an activating group) is 3. The summed E-state index contributed by atoms with van der Waals surface area (Å²) >= 11 is 0. The van der Waals surface area contributed by atoms with Crippen molar-refractivity contribution in [3.05, 3.63) is 89.5 Å². The second kappa shape index (κ2) is 17.7. The highest BCUT2D eigenvalue weighted by atomic mass is 16.3. The van der Waals surface area contributed by atoms with Crippen molar-refractivity contribution in [1.29, 1.82) is 0 Å². The van der Waals surface area contributed by atoms with E-state index in [9.17, 15) is 15.3 Å². The molecule has 3 aromatic rings. The van der Waals surface area contributed by atoms with Gasteiger partial charge in [-0.2, -0.15) is 0 Å². The molecule has 4 atom stereocenters. The Kier molecular flexibility index (Phi) is 13.7. The topological polar surface area (TPSA) is 85.7 Å². The fraction of sp³-hybridized carbons (Fsp3) is 0.526. The average molecular weight is 632 g/mol. The van der Waals surface area contributed by atoms with Crippen LogP contribution in [0.15, 0.2) is 72.8 Å². The molecule has 1 saturated heterocycles. The third-order valence-electron chi connectivity index (χ3n) is 9.87. The number of rotatable bonds is 18. The van der Waals surface area contributed by atoms with Crippen molar-refractivity contribution in [1.82, 2.24) is 24.9 Å². The van der Waals surface area contributed by atoms with E-state index in [4.69, 9.17) is 0 Å². The zero-order chi connectivity index (χ0) is 33.1. The van der Waals surface area contributed by atoms with Gasteiger partial charge in [-0.15, -0.1) is 0 Å². The second-order valence-electron chi connectivity index (χ2n) is 13.6. The molecule has 0 saturated carbocycles. The summed E-state index contributed by atoms with van der Waals surface area (Å²) in [5, 5.41) is 33.0. The number of hydrogen-bond acceptors (Lipinski definition) is 8. The molecule has 3 aromatic carbocycles. The Hall–Kier alpha value is -3.14. The molecule has 0 spiro atoms. The van der Waals surface area contributed by atoms with Gasteiger partial charge in [0.15, 0.2) is 0 Å². The van der Waals surface area contributed by atoms with E-state index in [0.717, 1.165) is 52.0 Å². The van der Waals surface area contributed by atoms with Gasteiger partial charge in [-0.3, -0.25) is 4.90 Å². The number of phenols is 3. The standard InChI is InChI=1S/C38H57N5O3/c1-39-21-20-32-7-6-22-43(32)28-35(25-31-12-18-38(46)19-13-31)42(5)27-34(24-30-10-16-37(45)17-11-30)41(4)26-33(40(2)3)23-29-8-14-36(44)15-9-29/h8-19,32-35,39,44-46H,6-7,20-28H2,1-5H3. The minimum Gasteiger partial charge on any atom is -0.508 e. The van der Waals surface area contributed by atoms with E-state index in [-0.39, 0.29) is 6.04 Å². The molecular weight excluding hydrogens is 574 g/mol. The summed E-state index contributed by atoms with van der Waals surface area (Å²) in [7, 11) is 10.9. The predicted octanol–water partition coefficient (Wildman–Crippen LogP) is 4.44. The molecule has 0 amide bonds. The van der Waals surface area contributed by atoms with Crippen molar-refractivity contribution in [2.75, 3.05) is 68.0 Å². The van der Waals surface area contributed by atoms with Crippen LogP contribution in [0, 0.1) is 0 Å². The van der Waals surface area contributed by atoms with E-state index in [1.807, 2.05) is 31.3 Å². The van der Waals surface area contributed by atoms with E-state index in [1.165, 1.54) is 36.0 Å². The quantitative estimate of drug-likeness (QED) is 0.164. The van der Waals surface area contributed by atoms with Gasteiger partial charge in [0.05, 0.1) is 0 Å². The fourth-order valence-electron chi connectivity index (χ4n) is 6.85. The van der Waals surface area contributed by atoms with Gasteiger partial charge < -0.3 is 35.3 Å². The smallest absolute Gasteiger partial charge is 0.115 e. The van der Waals surface area contributed by atoms with E-state index in [0.29, 0.717) is 35.4 Å². The van der Waals surface area contributed by atoms with E-state index >= 15 is 0 Å². The number of aromatic hydroxyl groups is 3. The van der Waals surface area contributed by atoms with Crippen LogP contribution in [-0.2, 0) is 19.3 Å². The van der Waals surface area contributed by atoms with Crippen LogP contribution in [0.3, 0.4) is 0 Å². The number of nitrogens with one attached hydrogen (secondary N) is 1. The van der Waals surface area contributed by atoms with E-state index in [2.05, 4.69) is 65.2 Å². The van der Waals surface area contributed by atoms with Gasteiger partial charge in [0.2, 0.25) is 0 Å². The Morgan fingerprint density at radius 2 is 1.11 bits per heavy atom. The van der Waals surface area contributed by atoms with Crippen molar-refractivity contribution in [2.45, 2.75) is 62.7 Å². The Morgan fingerprint density at radius 3 is 1.59 bits per heavy atom. The highest BCUT2D eigenvalue weighted by Crippen LogP contribution is 2.24. The Morgan fingerprint density at radius 1 is 0.674 bits per heavy atom.